The summed E-state index contributed by atoms with van der Waals surface area (Å²) in [7, 11) is 0. The minimum Gasteiger partial charge on any atom is -0.477 e. The number of hydrogen-bond acceptors (Lipinski definition) is 4. The number of carboxylic acids is 1. The highest BCUT2D eigenvalue weighted by Crippen LogP contribution is 2.33. The first-order chi connectivity index (χ1) is 9.92. The summed E-state index contributed by atoms with van der Waals surface area (Å²) >= 11 is 1.32. The third kappa shape index (κ3) is 4.70. The van der Waals surface area contributed by atoms with E-state index in [9.17, 15) is 9.90 Å². The molecule has 0 aliphatic rings. The van der Waals surface area contributed by atoms with E-state index in [0.717, 1.165) is 30.2 Å². The van der Waals surface area contributed by atoms with Crippen molar-refractivity contribution in [2.24, 2.45) is 0 Å². The molecule has 1 heterocycles. The second kappa shape index (κ2) is 8.37. The van der Waals surface area contributed by atoms with Gasteiger partial charge in [0, 0.05) is 12.6 Å². The Morgan fingerprint density at radius 3 is 2.43 bits per heavy atom. The Morgan fingerprint density at radius 2 is 1.95 bits per heavy atom. The lowest BCUT2D eigenvalue weighted by Gasteiger charge is -2.26. The van der Waals surface area contributed by atoms with E-state index in [1.807, 2.05) is 6.92 Å². The molecular weight excluding hydrogens is 284 g/mol. The van der Waals surface area contributed by atoms with Gasteiger partial charge in [0.1, 0.15) is 4.88 Å². The summed E-state index contributed by atoms with van der Waals surface area (Å²) in [5.74, 6) is -0.669. The van der Waals surface area contributed by atoms with E-state index in [-0.39, 0.29) is 5.92 Å². The first-order valence-corrected chi connectivity index (χ1v) is 8.74. The molecular formula is C16H28N2O2S. The quantitative estimate of drug-likeness (QED) is 0.668. The maximum absolute atomic E-state index is 11.5. The number of thiazole rings is 1. The van der Waals surface area contributed by atoms with E-state index >= 15 is 0 Å². The van der Waals surface area contributed by atoms with Gasteiger partial charge < -0.3 is 10.0 Å². The number of anilines is 1. The summed E-state index contributed by atoms with van der Waals surface area (Å²) in [5, 5.41) is 10.3. The fraction of sp³-hybridized carbons (Fsp3) is 0.750. The van der Waals surface area contributed by atoms with Crippen LogP contribution in [-0.2, 0) is 0 Å². The molecule has 120 valence electrons. The Labute approximate surface area is 132 Å². The molecule has 0 fully saturated rings. The van der Waals surface area contributed by atoms with Crippen molar-refractivity contribution in [1.82, 2.24) is 4.98 Å². The second-order valence-electron chi connectivity index (χ2n) is 5.82. The SMILES string of the molecule is CCCCCN(c1nc(C(C)CC)c(C(=O)O)s1)C(C)C. The maximum atomic E-state index is 11.5. The Bertz CT molecular complexity index is 457. The zero-order valence-electron chi connectivity index (χ0n) is 13.8. The Balaban J connectivity index is 3.05. The van der Waals surface area contributed by atoms with Crippen LogP contribution in [0.1, 0.15) is 81.6 Å². The summed E-state index contributed by atoms with van der Waals surface area (Å²) in [6, 6.07) is 0.333. The van der Waals surface area contributed by atoms with Crippen LogP contribution in [0.5, 0.6) is 0 Å². The minimum atomic E-state index is -0.855. The second-order valence-corrected chi connectivity index (χ2v) is 6.80. The molecule has 0 saturated carbocycles. The van der Waals surface area contributed by atoms with Crippen molar-refractivity contribution in [1.29, 1.82) is 0 Å². The maximum Gasteiger partial charge on any atom is 0.347 e. The van der Waals surface area contributed by atoms with E-state index in [4.69, 9.17) is 0 Å². The van der Waals surface area contributed by atoms with Gasteiger partial charge in [-0.05, 0) is 32.6 Å². The molecule has 21 heavy (non-hydrogen) atoms. The molecule has 5 heteroatoms. The average Bonchev–Trinajstić information content (AvgIpc) is 2.87. The molecule has 0 spiro atoms. The third-order valence-electron chi connectivity index (χ3n) is 3.79. The molecule has 1 rings (SSSR count). The number of rotatable bonds is 9. The Kier molecular flexibility index (Phi) is 7.15. The first kappa shape index (κ1) is 18.0. The van der Waals surface area contributed by atoms with Gasteiger partial charge in [-0.1, -0.05) is 44.9 Å². The van der Waals surface area contributed by atoms with Gasteiger partial charge in [0.05, 0.1) is 5.69 Å². The van der Waals surface area contributed by atoms with E-state index < -0.39 is 5.97 Å². The number of hydrogen-bond donors (Lipinski definition) is 1. The van der Waals surface area contributed by atoms with Gasteiger partial charge in [-0.15, -0.1) is 0 Å². The Morgan fingerprint density at radius 1 is 1.29 bits per heavy atom. The summed E-state index contributed by atoms with van der Waals surface area (Å²) < 4.78 is 0. The Hall–Kier alpha value is -1.10. The number of nitrogens with zero attached hydrogens (tertiary/aromatic N) is 2. The predicted molar refractivity (Wildman–Crippen MR) is 89.8 cm³/mol. The number of carbonyl (C=O) groups is 1. The zero-order chi connectivity index (χ0) is 16.0. The number of aromatic carboxylic acids is 1. The number of unbranched alkanes of at least 4 members (excludes halogenated alkanes) is 2. The van der Waals surface area contributed by atoms with Crippen LogP contribution >= 0.6 is 11.3 Å². The lowest BCUT2D eigenvalue weighted by molar-refractivity contribution is 0.0700. The van der Waals surface area contributed by atoms with Crippen molar-refractivity contribution in [3.63, 3.8) is 0 Å². The molecule has 1 atom stereocenters. The molecule has 0 radical (unpaired) electrons. The van der Waals surface area contributed by atoms with Crippen LogP contribution in [0, 0.1) is 0 Å². The minimum absolute atomic E-state index is 0.186. The fourth-order valence-corrected chi connectivity index (χ4v) is 3.42. The topological polar surface area (TPSA) is 53.4 Å². The van der Waals surface area contributed by atoms with E-state index in [1.54, 1.807) is 0 Å². The highest BCUT2D eigenvalue weighted by molar-refractivity contribution is 7.17. The van der Waals surface area contributed by atoms with Crippen LogP contribution < -0.4 is 4.90 Å². The number of aromatic nitrogens is 1. The first-order valence-electron chi connectivity index (χ1n) is 7.92. The van der Waals surface area contributed by atoms with Gasteiger partial charge in [0.2, 0.25) is 0 Å². The van der Waals surface area contributed by atoms with Crippen molar-refractivity contribution in [3.05, 3.63) is 10.6 Å². The largest absolute Gasteiger partial charge is 0.477 e. The van der Waals surface area contributed by atoms with Gasteiger partial charge in [-0.25, -0.2) is 9.78 Å². The smallest absolute Gasteiger partial charge is 0.347 e. The van der Waals surface area contributed by atoms with Crippen LogP contribution in [0.2, 0.25) is 0 Å². The van der Waals surface area contributed by atoms with Crippen molar-refractivity contribution in [2.75, 3.05) is 11.4 Å². The number of carboxylic acid groups (broad SMARTS) is 1. The molecule has 0 bridgehead atoms. The third-order valence-corrected chi connectivity index (χ3v) is 4.88. The van der Waals surface area contributed by atoms with Gasteiger partial charge in [0.15, 0.2) is 5.13 Å². The molecule has 1 unspecified atom stereocenters. The van der Waals surface area contributed by atoms with Crippen molar-refractivity contribution in [3.8, 4) is 0 Å². The highest BCUT2D eigenvalue weighted by Gasteiger charge is 2.24. The standard InChI is InChI=1S/C16H28N2O2S/c1-6-8-9-10-18(11(3)4)16-17-13(12(5)7-2)14(21-16)15(19)20/h11-12H,6-10H2,1-5H3,(H,19,20). The highest BCUT2D eigenvalue weighted by atomic mass is 32.1. The predicted octanol–water partition coefficient (Wildman–Crippen LogP) is 4.76. The van der Waals surface area contributed by atoms with Crippen LogP contribution in [0.3, 0.4) is 0 Å². The summed E-state index contributed by atoms with van der Waals surface area (Å²) in [5.41, 5.74) is 0.742. The van der Waals surface area contributed by atoms with Gasteiger partial charge in [0.25, 0.3) is 0 Å². The molecule has 1 aromatic rings. The van der Waals surface area contributed by atoms with Gasteiger partial charge in [-0.3, -0.25) is 0 Å². The van der Waals surface area contributed by atoms with Crippen molar-refractivity contribution in [2.45, 2.75) is 72.3 Å². The van der Waals surface area contributed by atoms with E-state index in [1.165, 1.54) is 24.2 Å². The van der Waals surface area contributed by atoms with Crippen molar-refractivity contribution >= 4 is 22.4 Å². The molecule has 0 amide bonds. The molecule has 1 aromatic heterocycles. The average molecular weight is 312 g/mol. The zero-order valence-corrected chi connectivity index (χ0v) is 14.7. The lowest BCUT2D eigenvalue weighted by Crippen LogP contribution is -2.31. The monoisotopic (exact) mass is 312 g/mol. The van der Waals surface area contributed by atoms with E-state index in [0.29, 0.717) is 10.9 Å². The van der Waals surface area contributed by atoms with Crippen LogP contribution in [0.15, 0.2) is 0 Å². The van der Waals surface area contributed by atoms with Crippen LogP contribution in [0.25, 0.3) is 0 Å². The van der Waals surface area contributed by atoms with Crippen LogP contribution in [-0.4, -0.2) is 28.6 Å². The van der Waals surface area contributed by atoms with Gasteiger partial charge in [-0.2, -0.15) is 0 Å². The normalized spacial score (nSPS) is 12.7. The molecule has 4 nitrogen and oxygen atoms in total. The molecule has 1 N–H and O–H groups in total. The summed E-state index contributed by atoms with van der Waals surface area (Å²) in [4.78, 5) is 18.8. The molecule has 0 aromatic carbocycles. The van der Waals surface area contributed by atoms with Gasteiger partial charge >= 0.3 is 5.97 Å². The molecule has 0 aliphatic carbocycles. The summed E-state index contributed by atoms with van der Waals surface area (Å²) in [6.45, 7) is 11.5. The van der Waals surface area contributed by atoms with Crippen molar-refractivity contribution < 1.29 is 9.90 Å². The fourth-order valence-electron chi connectivity index (χ4n) is 2.23. The summed E-state index contributed by atoms with van der Waals surface area (Å²) in [6.07, 6.45) is 4.40. The lowest BCUT2D eigenvalue weighted by atomic mass is 10.0. The molecule has 0 saturated heterocycles. The van der Waals surface area contributed by atoms with E-state index in [2.05, 4.69) is 37.6 Å². The molecule has 0 aliphatic heterocycles. The van der Waals surface area contributed by atoms with Crippen LogP contribution in [0.4, 0.5) is 5.13 Å².